The van der Waals surface area contributed by atoms with Gasteiger partial charge in [-0.05, 0) is 32.1 Å². The Morgan fingerprint density at radius 1 is 1.56 bits per heavy atom. The van der Waals surface area contributed by atoms with Crippen molar-refractivity contribution in [3.8, 4) is 0 Å². The number of β-amino-alcohol motifs (C(OH)–C–C–N with tert-alkyl or cyclic N) is 1. The van der Waals surface area contributed by atoms with Crippen LogP contribution in [0.15, 0.2) is 0 Å². The van der Waals surface area contributed by atoms with E-state index in [1.807, 2.05) is 0 Å². The summed E-state index contributed by atoms with van der Waals surface area (Å²) in [4.78, 5) is 13.5. The summed E-state index contributed by atoms with van der Waals surface area (Å²) < 4.78 is 0. The van der Waals surface area contributed by atoms with Crippen LogP contribution in [-0.4, -0.2) is 47.2 Å². The van der Waals surface area contributed by atoms with Crippen LogP contribution in [0.1, 0.15) is 33.1 Å². The minimum absolute atomic E-state index is 0.116. The van der Waals surface area contributed by atoms with E-state index in [2.05, 4.69) is 19.2 Å². The number of hydrogen-bond donors (Lipinski definition) is 2. The monoisotopic (exact) mass is 226 g/mol. The predicted molar refractivity (Wildman–Crippen MR) is 62.0 cm³/mol. The van der Waals surface area contributed by atoms with Crippen LogP contribution < -0.4 is 5.32 Å². The van der Waals surface area contributed by atoms with Crippen LogP contribution in [0, 0.1) is 5.92 Å². The Hall–Kier alpha value is -0.610. The molecular weight excluding hydrogens is 204 g/mol. The first-order valence-corrected chi connectivity index (χ1v) is 6.28. The summed E-state index contributed by atoms with van der Waals surface area (Å²) in [5.74, 6) is 0.574. The molecule has 0 bridgehead atoms. The third-order valence-corrected chi connectivity index (χ3v) is 3.83. The fourth-order valence-electron chi connectivity index (χ4n) is 2.19. The average molecular weight is 226 g/mol. The lowest BCUT2D eigenvalue weighted by molar-refractivity contribution is -0.158. The van der Waals surface area contributed by atoms with Crippen LogP contribution in [0.4, 0.5) is 0 Å². The number of nitrogens with one attached hydrogen (secondary N) is 1. The highest BCUT2D eigenvalue weighted by Crippen LogP contribution is 2.44. The maximum absolute atomic E-state index is 11.7. The van der Waals surface area contributed by atoms with Gasteiger partial charge in [-0.2, -0.15) is 0 Å². The van der Waals surface area contributed by atoms with E-state index in [0.29, 0.717) is 31.6 Å². The van der Waals surface area contributed by atoms with Crippen molar-refractivity contribution in [2.75, 3.05) is 19.6 Å². The quantitative estimate of drug-likeness (QED) is 0.711. The van der Waals surface area contributed by atoms with Gasteiger partial charge in [0.25, 0.3) is 0 Å². The number of carbonyl (C=O) groups is 1. The zero-order chi connectivity index (χ0) is 11.8. The molecular formula is C12H22N2O2. The molecule has 0 radical (unpaired) electrons. The summed E-state index contributed by atoms with van der Waals surface area (Å²) in [6.45, 7) is 5.65. The molecule has 16 heavy (non-hydrogen) atoms. The fraction of sp³-hybridized carbons (Fsp3) is 0.917. The van der Waals surface area contributed by atoms with Crippen molar-refractivity contribution < 1.29 is 9.90 Å². The Bertz CT molecular complexity index is 270. The SMILES string of the molecule is CCC(C)NCC(=O)N1CC(O)(C2CC2)C1. The Kier molecular flexibility index (Phi) is 3.22. The lowest BCUT2D eigenvalue weighted by atomic mass is 9.88. The zero-order valence-corrected chi connectivity index (χ0v) is 10.2. The van der Waals surface area contributed by atoms with Gasteiger partial charge >= 0.3 is 0 Å². The second-order valence-electron chi connectivity index (χ2n) is 5.32. The maximum atomic E-state index is 11.7. The lowest BCUT2D eigenvalue weighted by Gasteiger charge is -2.47. The van der Waals surface area contributed by atoms with Crippen LogP contribution in [0.5, 0.6) is 0 Å². The molecule has 1 saturated heterocycles. The third-order valence-electron chi connectivity index (χ3n) is 3.83. The molecule has 92 valence electrons. The lowest BCUT2D eigenvalue weighted by Crippen LogP contribution is -2.65. The molecule has 0 aromatic rings. The molecule has 1 saturated carbocycles. The van der Waals surface area contributed by atoms with Gasteiger partial charge in [0.1, 0.15) is 5.60 Å². The van der Waals surface area contributed by atoms with Crippen LogP contribution in [0.2, 0.25) is 0 Å². The van der Waals surface area contributed by atoms with Gasteiger partial charge in [-0.25, -0.2) is 0 Å². The van der Waals surface area contributed by atoms with E-state index in [1.165, 1.54) is 0 Å². The number of amides is 1. The van der Waals surface area contributed by atoms with Crippen molar-refractivity contribution in [2.24, 2.45) is 5.92 Å². The van der Waals surface area contributed by atoms with Crippen LogP contribution >= 0.6 is 0 Å². The Morgan fingerprint density at radius 2 is 2.19 bits per heavy atom. The second kappa shape index (κ2) is 4.34. The van der Waals surface area contributed by atoms with E-state index in [4.69, 9.17) is 0 Å². The molecule has 4 heteroatoms. The predicted octanol–water partition coefficient (Wildman–Crippen LogP) is 0.358. The van der Waals surface area contributed by atoms with Crippen LogP contribution in [0.25, 0.3) is 0 Å². The van der Waals surface area contributed by atoms with Gasteiger partial charge in [-0.1, -0.05) is 6.92 Å². The van der Waals surface area contributed by atoms with E-state index in [9.17, 15) is 9.90 Å². The molecule has 2 N–H and O–H groups in total. The van der Waals surface area contributed by atoms with Crippen molar-refractivity contribution in [1.82, 2.24) is 10.2 Å². The van der Waals surface area contributed by atoms with Crippen LogP contribution in [-0.2, 0) is 4.79 Å². The fourth-order valence-corrected chi connectivity index (χ4v) is 2.19. The van der Waals surface area contributed by atoms with Gasteiger partial charge in [0.05, 0.1) is 19.6 Å². The number of carbonyl (C=O) groups excluding carboxylic acids is 1. The van der Waals surface area contributed by atoms with Crippen molar-refractivity contribution in [3.63, 3.8) is 0 Å². The molecule has 0 spiro atoms. The maximum Gasteiger partial charge on any atom is 0.236 e. The van der Waals surface area contributed by atoms with Gasteiger partial charge in [0.15, 0.2) is 0 Å². The Balaban J connectivity index is 1.68. The Morgan fingerprint density at radius 3 is 2.69 bits per heavy atom. The van der Waals surface area contributed by atoms with Gasteiger partial charge in [0, 0.05) is 6.04 Å². The highest BCUT2D eigenvalue weighted by Gasteiger charge is 2.53. The standard InChI is InChI=1S/C12H22N2O2/c1-3-9(2)13-6-11(15)14-7-12(16,8-14)10-4-5-10/h9-10,13,16H,3-8H2,1-2H3. The van der Waals surface area contributed by atoms with E-state index >= 15 is 0 Å². The van der Waals surface area contributed by atoms with Crippen molar-refractivity contribution in [2.45, 2.75) is 44.8 Å². The van der Waals surface area contributed by atoms with Crippen molar-refractivity contribution in [1.29, 1.82) is 0 Å². The average Bonchev–Trinajstić information content (AvgIpc) is 3.04. The van der Waals surface area contributed by atoms with Crippen molar-refractivity contribution >= 4 is 5.91 Å². The first-order valence-electron chi connectivity index (χ1n) is 6.28. The minimum atomic E-state index is -0.550. The molecule has 2 rings (SSSR count). The third kappa shape index (κ3) is 2.38. The first kappa shape index (κ1) is 11.9. The molecule has 1 atom stereocenters. The smallest absolute Gasteiger partial charge is 0.236 e. The number of hydrogen-bond acceptors (Lipinski definition) is 3. The molecule has 4 nitrogen and oxygen atoms in total. The topological polar surface area (TPSA) is 52.6 Å². The summed E-state index contributed by atoms with van der Waals surface area (Å²) in [6, 6.07) is 0.382. The molecule has 1 aliphatic carbocycles. The number of rotatable bonds is 5. The molecule has 0 aromatic carbocycles. The van der Waals surface area contributed by atoms with Gasteiger partial charge < -0.3 is 15.3 Å². The zero-order valence-electron chi connectivity index (χ0n) is 10.2. The van der Waals surface area contributed by atoms with Gasteiger partial charge in [-0.3, -0.25) is 4.79 Å². The van der Waals surface area contributed by atoms with Gasteiger partial charge in [-0.15, -0.1) is 0 Å². The molecule has 1 aliphatic heterocycles. The molecule has 2 aliphatic rings. The summed E-state index contributed by atoms with van der Waals surface area (Å²) >= 11 is 0. The highest BCUT2D eigenvalue weighted by atomic mass is 16.3. The Labute approximate surface area is 97.0 Å². The van der Waals surface area contributed by atoms with E-state index in [1.54, 1.807) is 4.90 Å². The summed E-state index contributed by atoms with van der Waals surface area (Å²) in [6.07, 6.45) is 3.28. The van der Waals surface area contributed by atoms with E-state index in [-0.39, 0.29) is 5.91 Å². The first-order chi connectivity index (χ1) is 7.55. The summed E-state index contributed by atoms with van der Waals surface area (Å²) in [5.41, 5.74) is -0.550. The number of likely N-dealkylation sites (tertiary alicyclic amines) is 1. The summed E-state index contributed by atoms with van der Waals surface area (Å²) in [7, 11) is 0. The van der Waals surface area contributed by atoms with Gasteiger partial charge in [0.2, 0.25) is 5.91 Å². The molecule has 1 unspecified atom stereocenters. The number of nitrogens with zero attached hydrogens (tertiary/aromatic N) is 1. The van der Waals surface area contributed by atoms with Crippen molar-refractivity contribution in [3.05, 3.63) is 0 Å². The minimum Gasteiger partial charge on any atom is -0.386 e. The molecule has 1 heterocycles. The summed E-state index contributed by atoms with van der Waals surface area (Å²) in [5, 5.41) is 13.3. The number of aliphatic hydroxyl groups is 1. The van der Waals surface area contributed by atoms with Crippen LogP contribution in [0.3, 0.4) is 0 Å². The highest BCUT2D eigenvalue weighted by molar-refractivity contribution is 5.79. The van der Waals surface area contributed by atoms with E-state index < -0.39 is 5.60 Å². The van der Waals surface area contributed by atoms with E-state index in [0.717, 1.165) is 19.3 Å². The largest absolute Gasteiger partial charge is 0.386 e. The molecule has 1 amide bonds. The molecule has 2 fully saturated rings. The normalized spacial score (nSPS) is 25.1. The molecule has 0 aromatic heterocycles. The second-order valence-corrected chi connectivity index (χ2v) is 5.32.